The Kier molecular flexibility index (Phi) is 6.11. The minimum Gasteiger partial charge on any atom is -0.508 e. The van der Waals surface area contributed by atoms with Crippen LogP contribution in [0.2, 0.25) is 0 Å². The Morgan fingerprint density at radius 2 is 1.86 bits per heavy atom. The van der Waals surface area contributed by atoms with E-state index in [1.165, 1.54) is 11.8 Å². The lowest BCUT2D eigenvalue weighted by Gasteiger charge is -2.10. The molecular weight excluding hydrogens is 354 g/mol. The number of amides is 1. The standard InChI is InChI=1S/C22H25N3O3/c1-3-14(2)16-6-8-17(9-7-16)24-21(27)20-13-28-22(25-20)19(23)12-15-4-10-18(26)11-5-15/h4-11,13-14,19,26H,3,12,23H2,1-2H3,(H,24,27). The van der Waals surface area contributed by atoms with Crippen LogP contribution in [0.25, 0.3) is 0 Å². The molecule has 28 heavy (non-hydrogen) atoms. The van der Waals surface area contributed by atoms with Crippen LogP contribution in [-0.2, 0) is 6.42 Å². The van der Waals surface area contributed by atoms with Crippen molar-refractivity contribution in [1.29, 1.82) is 0 Å². The summed E-state index contributed by atoms with van der Waals surface area (Å²) >= 11 is 0. The number of phenols is 1. The predicted molar refractivity (Wildman–Crippen MR) is 108 cm³/mol. The van der Waals surface area contributed by atoms with Gasteiger partial charge in [0.05, 0.1) is 6.04 Å². The number of aromatic nitrogens is 1. The van der Waals surface area contributed by atoms with E-state index >= 15 is 0 Å². The fraction of sp³-hybridized carbons (Fsp3) is 0.273. The van der Waals surface area contributed by atoms with E-state index in [1.807, 2.05) is 24.3 Å². The third-order valence-corrected chi connectivity index (χ3v) is 4.81. The molecule has 146 valence electrons. The second kappa shape index (κ2) is 8.71. The average molecular weight is 379 g/mol. The Bertz CT molecular complexity index is 917. The van der Waals surface area contributed by atoms with Crippen LogP contribution in [0, 0.1) is 0 Å². The Labute approximate surface area is 164 Å². The minimum absolute atomic E-state index is 0.183. The lowest BCUT2D eigenvalue weighted by molar-refractivity contribution is 0.102. The fourth-order valence-corrected chi connectivity index (χ4v) is 2.86. The number of oxazole rings is 1. The molecule has 1 aromatic heterocycles. The van der Waals surface area contributed by atoms with Crippen molar-refractivity contribution in [1.82, 2.24) is 4.98 Å². The second-order valence-electron chi connectivity index (χ2n) is 6.93. The van der Waals surface area contributed by atoms with Crippen LogP contribution < -0.4 is 11.1 Å². The maximum absolute atomic E-state index is 12.4. The molecule has 6 heteroatoms. The molecule has 0 saturated heterocycles. The summed E-state index contributed by atoms with van der Waals surface area (Å²) in [4.78, 5) is 16.6. The number of nitrogens with zero attached hydrogens (tertiary/aromatic N) is 1. The van der Waals surface area contributed by atoms with E-state index < -0.39 is 6.04 Å². The first-order chi connectivity index (χ1) is 13.5. The second-order valence-corrected chi connectivity index (χ2v) is 6.93. The van der Waals surface area contributed by atoms with E-state index in [0.717, 1.165) is 12.0 Å². The molecule has 0 radical (unpaired) electrons. The zero-order valence-corrected chi connectivity index (χ0v) is 16.1. The van der Waals surface area contributed by atoms with E-state index in [1.54, 1.807) is 24.3 Å². The van der Waals surface area contributed by atoms with E-state index in [9.17, 15) is 9.90 Å². The van der Waals surface area contributed by atoms with Crippen LogP contribution in [0.5, 0.6) is 5.75 Å². The highest BCUT2D eigenvalue weighted by Gasteiger charge is 2.18. The highest BCUT2D eigenvalue weighted by molar-refractivity contribution is 6.02. The van der Waals surface area contributed by atoms with Crippen molar-refractivity contribution in [3.8, 4) is 5.75 Å². The number of benzene rings is 2. The fourth-order valence-electron chi connectivity index (χ4n) is 2.86. The molecule has 2 unspecified atom stereocenters. The lowest BCUT2D eigenvalue weighted by atomic mass is 9.99. The number of hydrogen-bond donors (Lipinski definition) is 3. The summed E-state index contributed by atoms with van der Waals surface area (Å²) in [5.41, 5.74) is 9.21. The summed E-state index contributed by atoms with van der Waals surface area (Å²) in [7, 11) is 0. The molecule has 0 aliphatic rings. The summed E-state index contributed by atoms with van der Waals surface area (Å²) in [6, 6.07) is 14.1. The molecule has 2 atom stereocenters. The van der Waals surface area contributed by atoms with Crippen molar-refractivity contribution < 1.29 is 14.3 Å². The molecule has 0 fully saturated rings. The largest absolute Gasteiger partial charge is 0.508 e. The molecule has 4 N–H and O–H groups in total. The molecule has 0 aliphatic carbocycles. The number of aromatic hydroxyl groups is 1. The molecular formula is C22H25N3O3. The van der Waals surface area contributed by atoms with Crippen LogP contribution in [0.4, 0.5) is 5.69 Å². The van der Waals surface area contributed by atoms with Crippen LogP contribution >= 0.6 is 0 Å². The zero-order valence-electron chi connectivity index (χ0n) is 16.1. The predicted octanol–water partition coefficient (Wildman–Crippen LogP) is 4.39. The van der Waals surface area contributed by atoms with Gasteiger partial charge in [-0.15, -0.1) is 0 Å². The van der Waals surface area contributed by atoms with Gasteiger partial charge in [-0.25, -0.2) is 4.98 Å². The Morgan fingerprint density at radius 1 is 1.18 bits per heavy atom. The highest BCUT2D eigenvalue weighted by atomic mass is 16.3. The number of carbonyl (C=O) groups is 1. The van der Waals surface area contributed by atoms with Crippen molar-refractivity contribution in [2.24, 2.45) is 5.73 Å². The number of hydrogen-bond acceptors (Lipinski definition) is 5. The average Bonchev–Trinajstić information content (AvgIpc) is 3.20. The van der Waals surface area contributed by atoms with Gasteiger partial charge in [0.2, 0.25) is 5.89 Å². The maximum Gasteiger partial charge on any atom is 0.277 e. The number of nitrogens with two attached hydrogens (primary N) is 1. The smallest absolute Gasteiger partial charge is 0.277 e. The Balaban J connectivity index is 1.62. The van der Waals surface area contributed by atoms with Gasteiger partial charge < -0.3 is 20.6 Å². The van der Waals surface area contributed by atoms with Gasteiger partial charge in [0, 0.05) is 5.69 Å². The molecule has 1 amide bonds. The van der Waals surface area contributed by atoms with Crippen LogP contribution in [0.15, 0.2) is 59.2 Å². The van der Waals surface area contributed by atoms with Crippen molar-refractivity contribution >= 4 is 11.6 Å². The lowest BCUT2D eigenvalue weighted by Crippen LogP contribution is -2.16. The maximum atomic E-state index is 12.4. The van der Waals surface area contributed by atoms with Gasteiger partial charge in [0.25, 0.3) is 5.91 Å². The first kappa shape index (κ1) is 19.6. The number of nitrogens with one attached hydrogen (secondary N) is 1. The van der Waals surface area contributed by atoms with Crippen molar-refractivity contribution in [2.75, 3.05) is 5.32 Å². The summed E-state index contributed by atoms with van der Waals surface area (Å²) < 4.78 is 5.40. The summed E-state index contributed by atoms with van der Waals surface area (Å²) in [5.74, 6) is 0.635. The molecule has 0 bridgehead atoms. The third kappa shape index (κ3) is 4.78. The summed E-state index contributed by atoms with van der Waals surface area (Å²) in [6.07, 6.45) is 2.87. The molecule has 0 spiro atoms. The van der Waals surface area contributed by atoms with Gasteiger partial charge in [0.1, 0.15) is 12.0 Å². The minimum atomic E-state index is -0.485. The molecule has 0 aliphatic heterocycles. The number of rotatable bonds is 7. The zero-order chi connectivity index (χ0) is 20.1. The molecule has 2 aromatic carbocycles. The van der Waals surface area contributed by atoms with Gasteiger partial charge in [-0.1, -0.05) is 38.1 Å². The summed E-state index contributed by atoms with van der Waals surface area (Å²) in [5, 5.41) is 12.2. The topological polar surface area (TPSA) is 101 Å². The van der Waals surface area contributed by atoms with Gasteiger partial charge in [-0.3, -0.25) is 4.79 Å². The number of anilines is 1. The molecule has 6 nitrogen and oxygen atoms in total. The van der Waals surface area contributed by atoms with E-state index in [2.05, 4.69) is 24.1 Å². The first-order valence-corrected chi connectivity index (χ1v) is 9.36. The molecule has 3 rings (SSSR count). The van der Waals surface area contributed by atoms with Crippen LogP contribution in [0.3, 0.4) is 0 Å². The quantitative estimate of drug-likeness (QED) is 0.565. The molecule has 3 aromatic rings. The van der Waals surface area contributed by atoms with E-state index in [0.29, 0.717) is 23.9 Å². The highest BCUT2D eigenvalue weighted by Crippen LogP contribution is 2.21. The van der Waals surface area contributed by atoms with Gasteiger partial charge in [-0.05, 0) is 54.2 Å². The van der Waals surface area contributed by atoms with Crippen molar-refractivity contribution in [3.05, 3.63) is 77.5 Å². The van der Waals surface area contributed by atoms with Gasteiger partial charge >= 0.3 is 0 Å². The SMILES string of the molecule is CCC(C)c1ccc(NC(=O)c2coc(C(N)Cc3ccc(O)cc3)n2)cc1. The van der Waals surface area contributed by atoms with E-state index in [-0.39, 0.29) is 17.4 Å². The number of carbonyl (C=O) groups excluding carboxylic acids is 1. The van der Waals surface area contributed by atoms with Gasteiger partial charge in [-0.2, -0.15) is 0 Å². The van der Waals surface area contributed by atoms with Crippen molar-refractivity contribution in [3.63, 3.8) is 0 Å². The normalized spacial score (nSPS) is 13.1. The van der Waals surface area contributed by atoms with Crippen LogP contribution in [0.1, 0.15) is 59.7 Å². The van der Waals surface area contributed by atoms with Crippen LogP contribution in [-0.4, -0.2) is 16.0 Å². The van der Waals surface area contributed by atoms with E-state index in [4.69, 9.17) is 10.2 Å². The first-order valence-electron chi connectivity index (χ1n) is 9.36. The number of phenolic OH excluding ortho intramolecular Hbond substituents is 1. The molecule has 0 saturated carbocycles. The molecule has 1 heterocycles. The Hall–Kier alpha value is -3.12. The van der Waals surface area contributed by atoms with Crippen molar-refractivity contribution in [2.45, 2.75) is 38.6 Å². The monoisotopic (exact) mass is 379 g/mol. The van der Waals surface area contributed by atoms with Gasteiger partial charge in [0.15, 0.2) is 5.69 Å². The summed E-state index contributed by atoms with van der Waals surface area (Å²) in [6.45, 7) is 4.32. The Morgan fingerprint density at radius 3 is 2.50 bits per heavy atom. The third-order valence-electron chi connectivity index (χ3n) is 4.81.